The Bertz CT molecular complexity index is 1650. The van der Waals surface area contributed by atoms with Gasteiger partial charge in [-0.05, 0) is 86.2 Å². The van der Waals surface area contributed by atoms with Crippen LogP contribution in [-0.4, -0.2) is 34.9 Å². The molecule has 0 unspecified atom stereocenters. The van der Waals surface area contributed by atoms with E-state index in [-0.39, 0.29) is 25.1 Å². The molecule has 3 aliphatic rings. The maximum Gasteiger partial charge on any atom is 0.228 e. The second-order valence-electron chi connectivity index (χ2n) is 11.4. The van der Waals surface area contributed by atoms with Crippen LogP contribution in [0.5, 0.6) is 0 Å². The lowest BCUT2D eigenvalue weighted by atomic mass is 9.93. The number of hydrogen-bond donors (Lipinski definition) is 3. The van der Waals surface area contributed by atoms with E-state index < -0.39 is 0 Å². The number of anilines is 2. The van der Waals surface area contributed by atoms with Crippen molar-refractivity contribution in [1.82, 2.24) is 4.57 Å². The quantitative estimate of drug-likeness (QED) is 0.209. The molecule has 2 fully saturated rings. The summed E-state index contributed by atoms with van der Waals surface area (Å²) in [6.45, 7) is 9.63. The number of rotatable bonds is 6. The zero-order valence-corrected chi connectivity index (χ0v) is 26.1. The summed E-state index contributed by atoms with van der Waals surface area (Å²) < 4.78 is 17.7. The molecule has 8 nitrogen and oxygen atoms in total. The van der Waals surface area contributed by atoms with Crippen LogP contribution in [0.4, 0.5) is 15.8 Å². The lowest BCUT2D eigenvalue weighted by Crippen LogP contribution is -2.22. The third kappa shape index (κ3) is 6.59. The predicted molar refractivity (Wildman–Crippen MR) is 181 cm³/mol. The van der Waals surface area contributed by atoms with Gasteiger partial charge in [0.15, 0.2) is 5.84 Å². The molecule has 0 spiro atoms. The molecule has 1 aliphatic heterocycles. The van der Waals surface area contributed by atoms with Crippen molar-refractivity contribution >= 4 is 41.7 Å². The topological polar surface area (TPSA) is 104 Å². The molecule has 1 aromatic heterocycles. The second kappa shape index (κ2) is 13.5. The molecular weight excluding hydrogens is 553 g/mol. The number of halogens is 1. The Labute approximate surface area is 259 Å². The number of nitrogens with two attached hydrogens (primary N) is 1. The molecule has 9 heteroatoms. The molecule has 3 aromatic rings. The first-order valence-corrected chi connectivity index (χ1v) is 15.3. The van der Waals surface area contributed by atoms with Crippen LogP contribution in [0.15, 0.2) is 69.3 Å². The number of guanidine groups is 1. The molecule has 0 bridgehead atoms. The number of amidine groups is 1. The van der Waals surface area contributed by atoms with Crippen LogP contribution in [0.25, 0.3) is 11.8 Å². The highest BCUT2D eigenvalue weighted by atomic mass is 19.1. The summed E-state index contributed by atoms with van der Waals surface area (Å²) in [7, 11) is 1.95. The molecule has 0 radical (unpaired) electrons. The van der Waals surface area contributed by atoms with Crippen LogP contribution < -0.4 is 16.0 Å². The summed E-state index contributed by atoms with van der Waals surface area (Å²) in [6, 6.07) is 11.4. The average Bonchev–Trinajstić information content (AvgIpc) is 3.94. The van der Waals surface area contributed by atoms with Crippen LogP contribution in [0.2, 0.25) is 0 Å². The lowest BCUT2D eigenvalue weighted by molar-refractivity contribution is 0.282. The van der Waals surface area contributed by atoms with E-state index >= 15 is 4.39 Å². The summed E-state index contributed by atoms with van der Waals surface area (Å²) in [5.74, 6) is 0.822. The van der Waals surface area contributed by atoms with Crippen molar-refractivity contribution in [3.8, 4) is 0 Å². The van der Waals surface area contributed by atoms with Gasteiger partial charge < -0.3 is 25.6 Å². The van der Waals surface area contributed by atoms with Crippen LogP contribution in [0.1, 0.15) is 85.4 Å². The Morgan fingerprint density at radius 3 is 2.52 bits per heavy atom. The SMILES string of the molecule is C=NC(=N/C(=N\CN)c1cccc(N2C=Cc3cc(C4CC4)cc(F)c3C2=C2CC2)c1CO)Nc1cc(C)n(C)c1.CCC. The van der Waals surface area contributed by atoms with Gasteiger partial charge in [0.2, 0.25) is 5.96 Å². The molecule has 6 rings (SSSR count). The van der Waals surface area contributed by atoms with Crippen molar-refractivity contribution in [2.45, 2.75) is 65.4 Å². The van der Waals surface area contributed by atoms with Gasteiger partial charge in [0.05, 0.1) is 30.3 Å². The molecule has 0 saturated heterocycles. The molecule has 0 atom stereocenters. The fourth-order valence-electron chi connectivity index (χ4n) is 5.40. The molecule has 230 valence electrons. The van der Waals surface area contributed by atoms with Gasteiger partial charge in [-0.3, -0.25) is 4.99 Å². The number of hydrogen-bond acceptors (Lipinski definition) is 4. The van der Waals surface area contributed by atoms with E-state index in [4.69, 9.17) is 5.73 Å². The van der Waals surface area contributed by atoms with Crippen LogP contribution in [0.3, 0.4) is 0 Å². The number of nitrogens with zero attached hydrogens (tertiary/aromatic N) is 5. The van der Waals surface area contributed by atoms with Gasteiger partial charge in [0.25, 0.3) is 0 Å². The molecule has 44 heavy (non-hydrogen) atoms. The average molecular weight is 596 g/mol. The minimum Gasteiger partial charge on any atom is -0.392 e. The van der Waals surface area contributed by atoms with Crippen molar-refractivity contribution in [2.24, 2.45) is 27.8 Å². The number of allylic oxidation sites excluding steroid dienone is 1. The Kier molecular flexibility index (Phi) is 9.56. The van der Waals surface area contributed by atoms with Gasteiger partial charge in [-0.1, -0.05) is 38.5 Å². The van der Waals surface area contributed by atoms with E-state index in [1.54, 1.807) is 6.07 Å². The van der Waals surface area contributed by atoms with Gasteiger partial charge in [0, 0.05) is 41.8 Å². The highest BCUT2D eigenvalue weighted by Gasteiger charge is 2.33. The van der Waals surface area contributed by atoms with E-state index in [9.17, 15) is 5.11 Å². The van der Waals surface area contributed by atoms with Gasteiger partial charge in [0.1, 0.15) is 5.82 Å². The summed E-state index contributed by atoms with van der Waals surface area (Å²) in [5.41, 5.74) is 14.3. The number of benzene rings is 2. The molecule has 4 N–H and O–H groups in total. The maximum atomic E-state index is 15.7. The fraction of sp³-hybridized carbons (Fsp3) is 0.343. The van der Waals surface area contributed by atoms with Gasteiger partial charge in [-0.25, -0.2) is 9.38 Å². The minimum atomic E-state index is -0.282. The van der Waals surface area contributed by atoms with E-state index in [1.807, 2.05) is 66.2 Å². The standard InChI is InChI=1S/C32H34FN7O.C3H8/c1-19-13-24(16-39(19)3)37-32(35-2)38-31(36-18-34)25-5-4-6-28(26(25)17-41)40-12-11-22-14-23(20-7-8-20)15-27(33)29(22)30(40)21-9-10-21;1-3-2/h4-6,11-16,20,41H,2,7-10,17-18,34H2,1,3H3,(H,36,37,38);3H2,1-2H3. The minimum absolute atomic E-state index is 0.0103. The smallest absolute Gasteiger partial charge is 0.228 e. The van der Waals surface area contributed by atoms with Crippen molar-refractivity contribution in [3.05, 3.63) is 93.7 Å². The first-order chi connectivity index (χ1) is 21.3. The number of aliphatic hydroxyl groups is 1. The summed E-state index contributed by atoms with van der Waals surface area (Å²) in [6.07, 6.45) is 11.2. The van der Waals surface area contributed by atoms with Gasteiger partial charge >= 0.3 is 0 Å². The number of nitrogens with one attached hydrogen (secondary N) is 1. The van der Waals surface area contributed by atoms with E-state index in [0.717, 1.165) is 59.6 Å². The van der Waals surface area contributed by atoms with E-state index in [0.29, 0.717) is 28.4 Å². The number of aliphatic hydroxyl groups excluding tert-OH is 1. The molecule has 2 aromatic carbocycles. The zero-order chi connectivity index (χ0) is 31.4. The van der Waals surface area contributed by atoms with Gasteiger partial charge in [-0.2, -0.15) is 4.99 Å². The van der Waals surface area contributed by atoms with Crippen molar-refractivity contribution in [1.29, 1.82) is 0 Å². The highest BCUT2D eigenvalue weighted by molar-refractivity contribution is 6.11. The monoisotopic (exact) mass is 595 g/mol. The molecule has 0 amide bonds. The number of fused-ring (bicyclic) bond motifs is 1. The molecule has 2 saturated carbocycles. The number of aromatic nitrogens is 1. The predicted octanol–water partition coefficient (Wildman–Crippen LogP) is 7.09. The largest absolute Gasteiger partial charge is 0.392 e. The third-order valence-electron chi connectivity index (χ3n) is 7.83. The van der Waals surface area contributed by atoms with E-state index in [2.05, 4.69) is 46.9 Å². The fourth-order valence-corrected chi connectivity index (χ4v) is 5.40. The molecular formula is C35H42FN7O. The van der Waals surface area contributed by atoms with Crippen LogP contribution in [0, 0.1) is 12.7 Å². The van der Waals surface area contributed by atoms with Crippen molar-refractivity contribution < 1.29 is 9.50 Å². The van der Waals surface area contributed by atoms with Crippen molar-refractivity contribution in [2.75, 3.05) is 16.9 Å². The third-order valence-corrected chi connectivity index (χ3v) is 7.83. The first-order valence-electron chi connectivity index (χ1n) is 15.3. The summed E-state index contributed by atoms with van der Waals surface area (Å²) in [5, 5.41) is 13.8. The lowest BCUT2D eigenvalue weighted by Gasteiger charge is -2.31. The molecule has 2 heterocycles. The number of aliphatic imine (C=N–C) groups is 3. The Hall–Kier alpha value is -4.34. The number of aryl methyl sites for hydroxylation is 2. The molecule has 2 aliphatic carbocycles. The zero-order valence-electron chi connectivity index (χ0n) is 26.1. The normalized spacial score (nSPS) is 16.0. The Morgan fingerprint density at radius 1 is 1.18 bits per heavy atom. The Balaban J connectivity index is 0.00000123. The maximum absolute atomic E-state index is 15.7. The Morgan fingerprint density at radius 2 is 1.93 bits per heavy atom. The highest BCUT2D eigenvalue weighted by Crippen LogP contribution is 2.48. The second-order valence-corrected chi connectivity index (χ2v) is 11.4. The van der Waals surface area contributed by atoms with Crippen molar-refractivity contribution in [3.63, 3.8) is 0 Å². The first kappa shape index (κ1) is 31.1. The van der Waals surface area contributed by atoms with Crippen LogP contribution >= 0.6 is 0 Å². The van der Waals surface area contributed by atoms with Crippen LogP contribution in [-0.2, 0) is 13.7 Å². The summed E-state index contributed by atoms with van der Waals surface area (Å²) >= 11 is 0. The van der Waals surface area contributed by atoms with Gasteiger partial charge in [-0.15, -0.1) is 0 Å². The van der Waals surface area contributed by atoms with E-state index in [1.165, 1.54) is 12.0 Å². The summed E-state index contributed by atoms with van der Waals surface area (Å²) in [4.78, 5) is 15.1.